The van der Waals surface area contributed by atoms with Crippen molar-refractivity contribution in [1.82, 2.24) is 0 Å². The Morgan fingerprint density at radius 2 is 1.95 bits per heavy atom. The van der Waals surface area contributed by atoms with Crippen molar-refractivity contribution in [3.05, 3.63) is 28.8 Å². The Hall–Kier alpha value is -0.730. The molecule has 1 aliphatic carbocycles. The third-order valence-electron chi connectivity index (χ3n) is 4.60. The molecule has 0 aromatic heterocycles. The van der Waals surface area contributed by atoms with Crippen LogP contribution >= 0.6 is 11.6 Å². The molecule has 1 unspecified atom stereocenters. The van der Waals surface area contributed by atoms with Crippen LogP contribution in [0, 0.1) is 11.3 Å². The van der Waals surface area contributed by atoms with E-state index in [1.807, 2.05) is 18.2 Å². The van der Waals surface area contributed by atoms with E-state index in [4.69, 9.17) is 22.1 Å². The molecular formula is C17H26ClNO. The molecule has 1 aliphatic rings. The molecule has 2 rings (SSSR count). The van der Waals surface area contributed by atoms with Crippen LogP contribution in [0.15, 0.2) is 18.2 Å². The normalized spacial score (nSPS) is 19.3. The van der Waals surface area contributed by atoms with E-state index in [0.717, 1.165) is 16.3 Å². The predicted octanol–water partition coefficient (Wildman–Crippen LogP) is 4.95. The van der Waals surface area contributed by atoms with Gasteiger partial charge in [-0.3, -0.25) is 0 Å². The van der Waals surface area contributed by atoms with Gasteiger partial charge in [-0.05, 0) is 48.8 Å². The number of hydrogen-bond acceptors (Lipinski definition) is 2. The third-order valence-corrected chi connectivity index (χ3v) is 4.84. The summed E-state index contributed by atoms with van der Waals surface area (Å²) in [4.78, 5) is 0. The smallest absolute Gasteiger partial charge is 0.123 e. The molecule has 0 saturated heterocycles. The average Bonchev–Trinajstić information content (AvgIpc) is 2.86. The number of ether oxygens (including phenoxy) is 1. The van der Waals surface area contributed by atoms with Crippen LogP contribution in [0.2, 0.25) is 5.02 Å². The SMILES string of the molecule is COc1ccc(Cl)cc1C(N)C1(CC(C)C)CCCC1. The summed E-state index contributed by atoms with van der Waals surface area (Å²) in [5.41, 5.74) is 7.95. The van der Waals surface area contributed by atoms with Crippen molar-refractivity contribution >= 4 is 11.6 Å². The Morgan fingerprint density at radius 1 is 1.30 bits per heavy atom. The number of hydrogen-bond donors (Lipinski definition) is 1. The van der Waals surface area contributed by atoms with Gasteiger partial charge in [-0.25, -0.2) is 0 Å². The lowest BCUT2D eigenvalue weighted by molar-refractivity contribution is 0.181. The maximum Gasteiger partial charge on any atom is 0.123 e. The zero-order chi connectivity index (χ0) is 14.8. The highest BCUT2D eigenvalue weighted by molar-refractivity contribution is 6.30. The fourth-order valence-corrected chi connectivity index (χ4v) is 3.99. The van der Waals surface area contributed by atoms with E-state index in [1.165, 1.54) is 32.1 Å². The quantitative estimate of drug-likeness (QED) is 0.833. The van der Waals surface area contributed by atoms with Crippen molar-refractivity contribution in [3.8, 4) is 5.75 Å². The van der Waals surface area contributed by atoms with Crippen molar-refractivity contribution in [2.24, 2.45) is 17.1 Å². The molecule has 1 aromatic carbocycles. The highest BCUT2D eigenvalue weighted by atomic mass is 35.5. The first-order valence-corrected chi connectivity index (χ1v) is 7.95. The lowest BCUT2D eigenvalue weighted by atomic mass is 9.70. The van der Waals surface area contributed by atoms with Crippen LogP contribution in [0.1, 0.15) is 57.6 Å². The summed E-state index contributed by atoms with van der Waals surface area (Å²) in [6.07, 6.45) is 6.15. The van der Waals surface area contributed by atoms with Gasteiger partial charge >= 0.3 is 0 Å². The van der Waals surface area contributed by atoms with Gasteiger partial charge in [0.15, 0.2) is 0 Å². The summed E-state index contributed by atoms with van der Waals surface area (Å²) >= 11 is 6.16. The monoisotopic (exact) mass is 295 g/mol. The van der Waals surface area contributed by atoms with Crippen molar-refractivity contribution in [2.75, 3.05) is 7.11 Å². The van der Waals surface area contributed by atoms with E-state index in [9.17, 15) is 0 Å². The molecule has 2 N–H and O–H groups in total. The van der Waals surface area contributed by atoms with Gasteiger partial charge in [-0.15, -0.1) is 0 Å². The Balaban J connectivity index is 2.36. The first kappa shape index (κ1) is 15.7. The first-order valence-electron chi connectivity index (χ1n) is 7.57. The van der Waals surface area contributed by atoms with E-state index in [1.54, 1.807) is 7.11 Å². The molecule has 0 amide bonds. The zero-order valence-electron chi connectivity index (χ0n) is 12.8. The van der Waals surface area contributed by atoms with Gasteiger partial charge < -0.3 is 10.5 Å². The van der Waals surface area contributed by atoms with E-state index in [0.29, 0.717) is 5.92 Å². The minimum atomic E-state index is 0.000972. The Bertz CT molecular complexity index is 452. The standard InChI is InChI=1S/C17H26ClNO/c1-12(2)11-17(8-4-5-9-17)16(19)14-10-13(18)6-7-15(14)20-3/h6-7,10,12,16H,4-5,8-9,11,19H2,1-3H3. The number of rotatable bonds is 5. The van der Waals surface area contributed by atoms with E-state index in [2.05, 4.69) is 13.8 Å². The van der Waals surface area contributed by atoms with Gasteiger partial charge in [0.25, 0.3) is 0 Å². The maximum atomic E-state index is 6.69. The fraction of sp³-hybridized carbons (Fsp3) is 0.647. The minimum absolute atomic E-state index is 0.000972. The highest BCUT2D eigenvalue weighted by Crippen LogP contribution is 2.52. The predicted molar refractivity (Wildman–Crippen MR) is 85.3 cm³/mol. The van der Waals surface area contributed by atoms with Crippen LogP contribution < -0.4 is 10.5 Å². The number of nitrogens with two attached hydrogens (primary N) is 1. The Morgan fingerprint density at radius 3 is 2.50 bits per heavy atom. The molecular weight excluding hydrogens is 270 g/mol. The van der Waals surface area contributed by atoms with Gasteiger partial charge in [0, 0.05) is 16.6 Å². The van der Waals surface area contributed by atoms with Crippen LogP contribution in [-0.4, -0.2) is 7.11 Å². The molecule has 20 heavy (non-hydrogen) atoms. The van der Waals surface area contributed by atoms with Crippen LogP contribution in [-0.2, 0) is 0 Å². The average molecular weight is 296 g/mol. The van der Waals surface area contributed by atoms with Crippen molar-refractivity contribution in [1.29, 1.82) is 0 Å². The van der Waals surface area contributed by atoms with Gasteiger partial charge in [-0.2, -0.15) is 0 Å². The molecule has 1 fully saturated rings. The minimum Gasteiger partial charge on any atom is -0.496 e. The van der Waals surface area contributed by atoms with Gasteiger partial charge in [0.2, 0.25) is 0 Å². The molecule has 0 aliphatic heterocycles. The van der Waals surface area contributed by atoms with Crippen LogP contribution in [0.3, 0.4) is 0 Å². The number of benzene rings is 1. The first-order chi connectivity index (χ1) is 9.48. The number of methoxy groups -OCH3 is 1. The fourth-order valence-electron chi connectivity index (χ4n) is 3.81. The lowest BCUT2D eigenvalue weighted by Crippen LogP contribution is -2.34. The van der Waals surface area contributed by atoms with Crippen LogP contribution in [0.5, 0.6) is 5.75 Å². The number of halogens is 1. The summed E-state index contributed by atoms with van der Waals surface area (Å²) < 4.78 is 5.49. The zero-order valence-corrected chi connectivity index (χ0v) is 13.5. The van der Waals surface area contributed by atoms with E-state index < -0.39 is 0 Å². The summed E-state index contributed by atoms with van der Waals surface area (Å²) in [6.45, 7) is 4.56. The lowest BCUT2D eigenvalue weighted by Gasteiger charge is -2.37. The van der Waals surface area contributed by atoms with E-state index >= 15 is 0 Å². The summed E-state index contributed by atoms with van der Waals surface area (Å²) in [7, 11) is 1.70. The summed E-state index contributed by atoms with van der Waals surface area (Å²) in [5.74, 6) is 1.52. The Kier molecular flexibility index (Phi) is 4.98. The molecule has 0 radical (unpaired) electrons. The van der Waals surface area contributed by atoms with Crippen molar-refractivity contribution in [2.45, 2.75) is 52.0 Å². The second-order valence-electron chi connectivity index (χ2n) is 6.53. The molecule has 112 valence electrons. The second kappa shape index (κ2) is 6.36. The summed E-state index contributed by atoms with van der Waals surface area (Å²) in [5, 5.41) is 0.731. The maximum absolute atomic E-state index is 6.69. The molecule has 3 heteroatoms. The van der Waals surface area contributed by atoms with Gasteiger partial charge in [0.1, 0.15) is 5.75 Å². The molecule has 0 bridgehead atoms. The topological polar surface area (TPSA) is 35.2 Å². The van der Waals surface area contributed by atoms with Crippen LogP contribution in [0.25, 0.3) is 0 Å². The van der Waals surface area contributed by atoms with Gasteiger partial charge in [-0.1, -0.05) is 38.3 Å². The molecule has 1 saturated carbocycles. The highest BCUT2D eigenvalue weighted by Gasteiger charge is 2.41. The second-order valence-corrected chi connectivity index (χ2v) is 6.97. The Labute approximate surface area is 127 Å². The molecule has 1 atom stereocenters. The largest absolute Gasteiger partial charge is 0.496 e. The van der Waals surface area contributed by atoms with Gasteiger partial charge in [0.05, 0.1) is 7.11 Å². The molecule has 0 spiro atoms. The third kappa shape index (κ3) is 3.12. The van der Waals surface area contributed by atoms with E-state index in [-0.39, 0.29) is 11.5 Å². The van der Waals surface area contributed by atoms with Crippen molar-refractivity contribution in [3.63, 3.8) is 0 Å². The molecule has 1 aromatic rings. The van der Waals surface area contributed by atoms with Crippen molar-refractivity contribution < 1.29 is 4.74 Å². The molecule has 2 nitrogen and oxygen atoms in total. The summed E-state index contributed by atoms with van der Waals surface area (Å²) in [6, 6.07) is 5.77. The van der Waals surface area contributed by atoms with Crippen LogP contribution in [0.4, 0.5) is 0 Å². The molecule has 0 heterocycles.